The van der Waals surface area contributed by atoms with E-state index in [9.17, 15) is 9.59 Å². The largest absolute Gasteiger partial charge is 0.465 e. The van der Waals surface area contributed by atoms with Crippen molar-refractivity contribution in [2.75, 3.05) is 12.4 Å². The van der Waals surface area contributed by atoms with Gasteiger partial charge in [-0.3, -0.25) is 10.3 Å². The number of hydrogen-bond donors (Lipinski definition) is 1. The number of nitrogens with one attached hydrogen (secondary N) is 1. The molecule has 1 N–H and O–H groups in total. The molecule has 8 nitrogen and oxygen atoms in total. The van der Waals surface area contributed by atoms with Crippen molar-refractivity contribution in [2.45, 2.75) is 20.0 Å². The Bertz CT molecular complexity index is 1380. The second-order valence-electron chi connectivity index (χ2n) is 7.70. The van der Waals surface area contributed by atoms with E-state index in [-0.39, 0.29) is 0 Å². The monoisotopic (exact) mass is 491 g/mol. The van der Waals surface area contributed by atoms with Crippen LogP contribution < -0.4 is 5.32 Å². The van der Waals surface area contributed by atoms with E-state index >= 15 is 0 Å². The Labute approximate surface area is 206 Å². The minimum atomic E-state index is -0.670. The van der Waals surface area contributed by atoms with Gasteiger partial charge < -0.3 is 14.0 Å². The Balaban J connectivity index is 1.58. The quantitative estimate of drug-likeness (QED) is 0.308. The Morgan fingerprint density at radius 3 is 2.57 bits per heavy atom. The molecular weight excluding hydrogens is 470 g/mol. The number of aryl methyl sites for hydroxylation is 1. The number of pyridine rings is 1. The normalized spacial score (nSPS) is 11.5. The Morgan fingerprint density at radius 1 is 1.03 bits per heavy atom. The fraction of sp³-hybridized carbons (Fsp3) is 0.154. The maximum Gasteiger partial charge on any atom is 0.412 e. The van der Waals surface area contributed by atoms with Crippen LogP contribution in [0, 0.1) is 6.92 Å². The third kappa shape index (κ3) is 5.33. The van der Waals surface area contributed by atoms with Crippen LogP contribution in [0.15, 0.2) is 71.5 Å². The Morgan fingerprint density at radius 2 is 1.80 bits per heavy atom. The fourth-order valence-electron chi connectivity index (χ4n) is 3.54. The number of methoxy groups -OCH3 is 1. The highest BCUT2D eigenvalue weighted by Crippen LogP contribution is 2.34. The van der Waals surface area contributed by atoms with Gasteiger partial charge in [0.2, 0.25) is 0 Å². The summed E-state index contributed by atoms with van der Waals surface area (Å²) in [6, 6.07) is 16.2. The van der Waals surface area contributed by atoms with Crippen LogP contribution in [0.1, 0.15) is 34.6 Å². The molecule has 2 aromatic carbocycles. The van der Waals surface area contributed by atoms with E-state index in [0.29, 0.717) is 44.4 Å². The van der Waals surface area contributed by atoms with Gasteiger partial charge in [0.1, 0.15) is 17.5 Å². The third-order valence-corrected chi connectivity index (χ3v) is 5.68. The van der Waals surface area contributed by atoms with E-state index in [0.717, 1.165) is 5.56 Å². The van der Waals surface area contributed by atoms with Crippen molar-refractivity contribution in [3.05, 3.63) is 88.8 Å². The number of ether oxygens (including phenoxy) is 2. The van der Waals surface area contributed by atoms with E-state index in [1.807, 2.05) is 30.3 Å². The first-order chi connectivity index (χ1) is 16.9. The Kier molecular flexibility index (Phi) is 7.12. The van der Waals surface area contributed by atoms with E-state index in [1.54, 1.807) is 44.3 Å². The van der Waals surface area contributed by atoms with Crippen LogP contribution in [0.2, 0.25) is 5.02 Å². The minimum Gasteiger partial charge on any atom is -0.465 e. The highest BCUT2D eigenvalue weighted by atomic mass is 35.5. The molecule has 0 aliphatic carbocycles. The van der Waals surface area contributed by atoms with Crippen LogP contribution in [0.25, 0.3) is 22.5 Å². The van der Waals surface area contributed by atoms with Gasteiger partial charge in [-0.25, -0.2) is 9.59 Å². The number of carbonyl (C=O) groups excluding carboxylic acids is 2. The zero-order valence-electron chi connectivity index (χ0n) is 19.2. The summed E-state index contributed by atoms with van der Waals surface area (Å²) < 4.78 is 15.8. The number of anilines is 1. The van der Waals surface area contributed by atoms with Gasteiger partial charge in [0.05, 0.1) is 12.7 Å². The molecule has 0 radical (unpaired) electrons. The summed E-state index contributed by atoms with van der Waals surface area (Å²) in [6.45, 7) is 3.45. The molecule has 9 heteroatoms. The molecule has 0 saturated heterocycles. The number of hydrogen-bond acceptors (Lipinski definition) is 7. The number of halogens is 1. The van der Waals surface area contributed by atoms with Gasteiger partial charge >= 0.3 is 12.1 Å². The number of carbonyl (C=O) groups is 2. The summed E-state index contributed by atoms with van der Waals surface area (Å²) >= 11 is 6.21. The van der Waals surface area contributed by atoms with Crippen LogP contribution in [0.5, 0.6) is 0 Å². The molecule has 0 fully saturated rings. The molecule has 2 heterocycles. The summed E-state index contributed by atoms with van der Waals surface area (Å²) in [7, 11) is 1.32. The number of rotatable bonds is 6. The maximum absolute atomic E-state index is 12.7. The van der Waals surface area contributed by atoms with Crippen LogP contribution in [0.4, 0.5) is 10.5 Å². The second kappa shape index (κ2) is 10.4. The predicted octanol–water partition coefficient (Wildman–Crippen LogP) is 6.46. The topological polar surface area (TPSA) is 104 Å². The summed E-state index contributed by atoms with van der Waals surface area (Å²) in [4.78, 5) is 28.7. The van der Waals surface area contributed by atoms with E-state index < -0.39 is 18.2 Å². The smallest absolute Gasteiger partial charge is 0.412 e. The molecule has 4 aromatic rings. The average Bonchev–Trinajstić information content (AvgIpc) is 3.23. The zero-order chi connectivity index (χ0) is 24.9. The standard InChI is InChI=1S/C26H22ClN3O5/c1-15-23(29-26(32)34-16(2)21-9-4-5-10-22(21)27)24(35-30-15)18-8-6-7-17(11-18)19-12-20(14-28-13-19)25(31)33-3/h4-14,16H,1-3H3,(H,29,32). The molecule has 0 spiro atoms. The fourth-order valence-corrected chi connectivity index (χ4v) is 3.83. The maximum atomic E-state index is 12.7. The van der Waals surface area contributed by atoms with Gasteiger partial charge in [0.15, 0.2) is 5.76 Å². The van der Waals surface area contributed by atoms with Crippen molar-refractivity contribution in [1.29, 1.82) is 0 Å². The van der Waals surface area contributed by atoms with Crippen LogP contribution in [-0.4, -0.2) is 29.3 Å². The lowest BCUT2D eigenvalue weighted by atomic mass is 10.0. The second-order valence-corrected chi connectivity index (χ2v) is 8.11. The van der Waals surface area contributed by atoms with Crippen molar-refractivity contribution in [2.24, 2.45) is 0 Å². The van der Waals surface area contributed by atoms with Crippen LogP contribution in [-0.2, 0) is 9.47 Å². The van der Waals surface area contributed by atoms with Crippen molar-refractivity contribution >= 4 is 29.4 Å². The first-order valence-electron chi connectivity index (χ1n) is 10.7. The molecule has 0 saturated carbocycles. The zero-order valence-corrected chi connectivity index (χ0v) is 20.0. The van der Waals surface area contributed by atoms with Gasteiger partial charge in [-0.1, -0.05) is 53.2 Å². The molecule has 0 aliphatic heterocycles. The van der Waals surface area contributed by atoms with Crippen LogP contribution in [0.3, 0.4) is 0 Å². The van der Waals surface area contributed by atoms with Gasteiger partial charge in [-0.2, -0.15) is 0 Å². The number of amides is 1. The van der Waals surface area contributed by atoms with Gasteiger partial charge in [0, 0.05) is 34.1 Å². The molecule has 0 bridgehead atoms. The Hall–Kier alpha value is -4.17. The van der Waals surface area contributed by atoms with E-state index in [4.69, 9.17) is 25.6 Å². The molecule has 2 aromatic heterocycles. The first kappa shape index (κ1) is 24.0. The highest BCUT2D eigenvalue weighted by molar-refractivity contribution is 6.31. The van der Waals surface area contributed by atoms with Gasteiger partial charge in [-0.15, -0.1) is 0 Å². The lowest BCUT2D eigenvalue weighted by Crippen LogP contribution is -2.17. The molecule has 1 unspecified atom stereocenters. The SMILES string of the molecule is COC(=O)c1cncc(-c2cccc(-c3onc(C)c3NC(=O)OC(C)c3ccccc3Cl)c2)c1. The molecule has 35 heavy (non-hydrogen) atoms. The summed E-state index contributed by atoms with van der Waals surface area (Å²) in [5, 5.41) is 7.25. The lowest BCUT2D eigenvalue weighted by Gasteiger charge is -2.15. The van der Waals surface area contributed by atoms with E-state index in [1.165, 1.54) is 13.3 Å². The number of nitrogens with zero attached hydrogens (tertiary/aromatic N) is 2. The number of esters is 1. The third-order valence-electron chi connectivity index (χ3n) is 5.33. The highest BCUT2D eigenvalue weighted by Gasteiger charge is 2.21. The van der Waals surface area contributed by atoms with Gasteiger partial charge in [0.25, 0.3) is 0 Å². The average molecular weight is 492 g/mol. The summed E-state index contributed by atoms with van der Waals surface area (Å²) in [5.74, 6) is -0.110. The molecule has 4 rings (SSSR count). The first-order valence-corrected chi connectivity index (χ1v) is 11.1. The van der Waals surface area contributed by atoms with Crippen molar-refractivity contribution in [3.8, 4) is 22.5 Å². The predicted molar refractivity (Wildman–Crippen MR) is 131 cm³/mol. The minimum absolute atomic E-state index is 0.337. The molecule has 0 aliphatic rings. The number of aromatic nitrogens is 2. The molecule has 178 valence electrons. The van der Waals surface area contributed by atoms with Crippen molar-refractivity contribution in [1.82, 2.24) is 10.1 Å². The van der Waals surface area contributed by atoms with Crippen molar-refractivity contribution < 1.29 is 23.6 Å². The van der Waals surface area contributed by atoms with Crippen LogP contribution >= 0.6 is 11.6 Å². The van der Waals surface area contributed by atoms with Gasteiger partial charge in [-0.05, 0) is 37.6 Å². The summed E-state index contributed by atoms with van der Waals surface area (Å²) in [6.07, 6.45) is 1.85. The molecular formula is C26H22ClN3O5. The lowest BCUT2D eigenvalue weighted by molar-refractivity contribution is 0.0600. The number of benzene rings is 2. The summed E-state index contributed by atoms with van der Waals surface area (Å²) in [5.41, 5.74) is 4.08. The molecule has 1 amide bonds. The van der Waals surface area contributed by atoms with Crippen molar-refractivity contribution in [3.63, 3.8) is 0 Å². The van der Waals surface area contributed by atoms with E-state index in [2.05, 4.69) is 15.5 Å². The molecule has 1 atom stereocenters.